The van der Waals surface area contributed by atoms with Crippen molar-refractivity contribution in [2.75, 3.05) is 5.75 Å². The molecule has 1 heterocycles. The summed E-state index contributed by atoms with van der Waals surface area (Å²) < 4.78 is 1.23. The molecule has 0 radical (unpaired) electrons. The van der Waals surface area contributed by atoms with E-state index in [2.05, 4.69) is 16.0 Å². The number of rotatable bonds is 5. The number of aryl methyl sites for hydroxylation is 1. The fraction of sp³-hybridized carbons (Fsp3) is 0.158. The lowest BCUT2D eigenvalue weighted by Gasteiger charge is -2.11. The summed E-state index contributed by atoms with van der Waals surface area (Å²) in [6.07, 6.45) is 0. The molecule has 138 valence electrons. The Kier molecular flexibility index (Phi) is 5.87. The Morgan fingerprint density at radius 2 is 1.67 bits per heavy atom. The van der Waals surface area contributed by atoms with E-state index in [-0.39, 0.29) is 22.9 Å². The van der Waals surface area contributed by atoms with Gasteiger partial charge in [0.25, 0.3) is 11.5 Å². The molecular formula is C19H18N4O3S. The minimum absolute atomic E-state index is 0.0862. The standard InChI is InChI=1S/C19H18N4O3S/c1-2-23-19(26)15-11-7-6-10-14(15)17(22-23)18(25)21-20-16(24)12-27-13-8-4-3-5-9-13/h3-11H,2,12H2,1H3,(H,20,24)(H,21,25). The number of amides is 2. The van der Waals surface area contributed by atoms with Gasteiger partial charge in [0.2, 0.25) is 5.91 Å². The Bertz CT molecular complexity index is 1030. The van der Waals surface area contributed by atoms with Gasteiger partial charge >= 0.3 is 0 Å². The minimum atomic E-state index is -0.577. The van der Waals surface area contributed by atoms with E-state index in [1.807, 2.05) is 30.3 Å². The van der Waals surface area contributed by atoms with E-state index in [4.69, 9.17) is 0 Å². The monoisotopic (exact) mass is 382 g/mol. The molecule has 0 saturated heterocycles. The van der Waals surface area contributed by atoms with Gasteiger partial charge in [0.05, 0.1) is 11.1 Å². The number of fused-ring (bicyclic) bond motifs is 1. The van der Waals surface area contributed by atoms with Crippen molar-refractivity contribution in [3.63, 3.8) is 0 Å². The van der Waals surface area contributed by atoms with Gasteiger partial charge in [-0.15, -0.1) is 11.8 Å². The molecule has 1 aromatic heterocycles. The molecule has 3 rings (SSSR count). The second-order valence-corrected chi connectivity index (χ2v) is 6.67. The number of hydrogen-bond donors (Lipinski definition) is 2. The summed E-state index contributed by atoms with van der Waals surface area (Å²) in [6, 6.07) is 16.3. The average molecular weight is 382 g/mol. The van der Waals surface area contributed by atoms with Gasteiger partial charge < -0.3 is 0 Å². The van der Waals surface area contributed by atoms with Crippen LogP contribution in [0.25, 0.3) is 10.8 Å². The molecule has 3 aromatic rings. The van der Waals surface area contributed by atoms with Crippen molar-refractivity contribution in [3.8, 4) is 0 Å². The highest BCUT2D eigenvalue weighted by molar-refractivity contribution is 8.00. The summed E-state index contributed by atoms with van der Waals surface area (Å²) >= 11 is 1.36. The van der Waals surface area contributed by atoms with Crippen LogP contribution in [0.2, 0.25) is 0 Å². The van der Waals surface area contributed by atoms with Crippen LogP contribution in [0.5, 0.6) is 0 Å². The van der Waals surface area contributed by atoms with Gasteiger partial charge in [-0.1, -0.05) is 36.4 Å². The molecule has 0 bridgehead atoms. The Labute approximate surface area is 159 Å². The fourth-order valence-corrected chi connectivity index (χ4v) is 3.22. The van der Waals surface area contributed by atoms with Gasteiger partial charge in [0.15, 0.2) is 5.69 Å². The summed E-state index contributed by atoms with van der Waals surface area (Å²) in [5.41, 5.74) is 4.58. The number of carbonyl (C=O) groups excluding carboxylic acids is 2. The molecule has 0 unspecified atom stereocenters. The summed E-state index contributed by atoms with van der Waals surface area (Å²) in [4.78, 5) is 37.8. The SMILES string of the molecule is CCn1nc(C(=O)NNC(=O)CSc2ccccc2)c2ccccc2c1=O. The molecule has 7 nitrogen and oxygen atoms in total. The number of nitrogens with one attached hydrogen (secondary N) is 2. The first-order chi connectivity index (χ1) is 13.1. The minimum Gasteiger partial charge on any atom is -0.272 e. The highest BCUT2D eigenvalue weighted by Crippen LogP contribution is 2.16. The Morgan fingerprint density at radius 3 is 2.37 bits per heavy atom. The quantitative estimate of drug-likeness (QED) is 0.520. The summed E-state index contributed by atoms with van der Waals surface area (Å²) in [5, 5.41) is 4.98. The number of benzene rings is 2. The second kappa shape index (κ2) is 8.50. The van der Waals surface area contributed by atoms with Crippen molar-refractivity contribution in [1.29, 1.82) is 0 Å². The molecule has 0 spiro atoms. The number of carbonyl (C=O) groups is 2. The predicted molar refractivity (Wildman–Crippen MR) is 104 cm³/mol. The molecular weight excluding hydrogens is 364 g/mol. The van der Waals surface area contributed by atoms with Gasteiger partial charge in [-0.3, -0.25) is 25.2 Å². The first-order valence-electron chi connectivity index (χ1n) is 8.37. The van der Waals surface area contributed by atoms with E-state index in [1.54, 1.807) is 31.2 Å². The molecule has 2 aromatic carbocycles. The molecule has 0 aliphatic carbocycles. The predicted octanol–water partition coefficient (Wildman–Crippen LogP) is 1.97. The van der Waals surface area contributed by atoms with E-state index in [0.717, 1.165) is 4.90 Å². The van der Waals surface area contributed by atoms with Gasteiger partial charge in [0.1, 0.15) is 0 Å². The van der Waals surface area contributed by atoms with Crippen LogP contribution in [0.4, 0.5) is 0 Å². The average Bonchev–Trinajstić information content (AvgIpc) is 2.71. The van der Waals surface area contributed by atoms with Crippen LogP contribution in [0.15, 0.2) is 64.3 Å². The second-order valence-electron chi connectivity index (χ2n) is 5.62. The third-order valence-corrected chi connectivity index (χ3v) is 4.82. The Morgan fingerprint density at radius 1 is 1.00 bits per heavy atom. The summed E-state index contributed by atoms with van der Waals surface area (Å²) in [5.74, 6) is -0.760. The first-order valence-corrected chi connectivity index (χ1v) is 9.35. The van der Waals surface area contributed by atoms with Gasteiger partial charge in [-0.05, 0) is 25.1 Å². The van der Waals surface area contributed by atoms with E-state index in [0.29, 0.717) is 17.3 Å². The number of thioether (sulfide) groups is 1. The van der Waals surface area contributed by atoms with Gasteiger partial charge in [0, 0.05) is 16.8 Å². The van der Waals surface area contributed by atoms with Crippen LogP contribution in [0.1, 0.15) is 17.4 Å². The van der Waals surface area contributed by atoms with Crippen molar-refractivity contribution >= 4 is 34.3 Å². The number of hydrogen-bond acceptors (Lipinski definition) is 5. The van der Waals surface area contributed by atoms with E-state index >= 15 is 0 Å². The highest BCUT2D eigenvalue weighted by Gasteiger charge is 2.16. The topological polar surface area (TPSA) is 93.1 Å². The van der Waals surface area contributed by atoms with Crippen LogP contribution < -0.4 is 16.4 Å². The van der Waals surface area contributed by atoms with Crippen molar-refractivity contribution in [2.24, 2.45) is 0 Å². The van der Waals surface area contributed by atoms with E-state index < -0.39 is 5.91 Å². The third kappa shape index (κ3) is 4.35. The van der Waals surface area contributed by atoms with Crippen LogP contribution in [-0.4, -0.2) is 27.3 Å². The van der Waals surface area contributed by atoms with Crippen LogP contribution >= 0.6 is 11.8 Å². The zero-order chi connectivity index (χ0) is 19.2. The maximum absolute atomic E-state index is 12.5. The molecule has 0 atom stereocenters. The first kappa shape index (κ1) is 18.7. The van der Waals surface area contributed by atoms with Gasteiger partial charge in [-0.2, -0.15) is 5.10 Å². The Hall–Kier alpha value is -3.13. The number of aromatic nitrogens is 2. The normalized spacial score (nSPS) is 10.6. The fourth-order valence-electron chi connectivity index (χ4n) is 2.50. The number of hydrazine groups is 1. The highest BCUT2D eigenvalue weighted by atomic mass is 32.2. The zero-order valence-electron chi connectivity index (χ0n) is 14.6. The Balaban J connectivity index is 1.70. The maximum atomic E-state index is 12.5. The molecule has 0 fully saturated rings. The van der Waals surface area contributed by atoms with Crippen molar-refractivity contribution in [1.82, 2.24) is 20.6 Å². The molecule has 2 amide bonds. The molecule has 27 heavy (non-hydrogen) atoms. The van der Waals surface area contributed by atoms with Crippen LogP contribution in [0.3, 0.4) is 0 Å². The largest absolute Gasteiger partial charge is 0.290 e. The molecule has 8 heteroatoms. The maximum Gasteiger partial charge on any atom is 0.290 e. The molecule has 0 aliphatic heterocycles. The van der Waals surface area contributed by atoms with Crippen LogP contribution in [0, 0.1) is 0 Å². The van der Waals surface area contributed by atoms with Crippen molar-refractivity contribution < 1.29 is 9.59 Å². The molecule has 2 N–H and O–H groups in total. The lowest BCUT2D eigenvalue weighted by atomic mass is 10.1. The smallest absolute Gasteiger partial charge is 0.272 e. The summed E-state index contributed by atoms with van der Waals surface area (Å²) in [6.45, 7) is 2.11. The van der Waals surface area contributed by atoms with E-state index in [1.165, 1.54) is 16.4 Å². The van der Waals surface area contributed by atoms with Crippen molar-refractivity contribution in [2.45, 2.75) is 18.4 Å². The van der Waals surface area contributed by atoms with Crippen LogP contribution in [-0.2, 0) is 11.3 Å². The van der Waals surface area contributed by atoms with E-state index in [9.17, 15) is 14.4 Å². The number of nitrogens with zero attached hydrogens (tertiary/aromatic N) is 2. The third-order valence-electron chi connectivity index (χ3n) is 3.81. The lowest BCUT2D eigenvalue weighted by Crippen LogP contribution is -2.43. The van der Waals surface area contributed by atoms with Gasteiger partial charge in [-0.25, -0.2) is 4.68 Å². The molecule has 0 aliphatic rings. The summed E-state index contributed by atoms with van der Waals surface area (Å²) in [7, 11) is 0. The zero-order valence-corrected chi connectivity index (χ0v) is 15.5. The lowest BCUT2D eigenvalue weighted by molar-refractivity contribution is -0.119. The van der Waals surface area contributed by atoms with Crippen molar-refractivity contribution in [3.05, 3.63) is 70.6 Å². The molecule has 0 saturated carbocycles.